The molecule has 2 aromatic rings. The molecular weight excluding hydrogens is 296 g/mol. The van der Waals surface area contributed by atoms with Crippen molar-refractivity contribution in [3.05, 3.63) is 40.2 Å². The average Bonchev–Trinajstić information content (AvgIpc) is 2.52. The van der Waals surface area contributed by atoms with Crippen LogP contribution in [0.15, 0.2) is 23.1 Å². The van der Waals surface area contributed by atoms with Crippen LogP contribution in [-0.4, -0.2) is 44.2 Å². The van der Waals surface area contributed by atoms with E-state index in [4.69, 9.17) is 0 Å². The highest BCUT2D eigenvalue weighted by atomic mass is 16.3. The Morgan fingerprint density at radius 2 is 2.35 bits per heavy atom. The maximum atomic E-state index is 11.4. The van der Waals surface area contributed by atoms with Gasteiger partial charge in [-0.1, -0.05) is 0 Å². The molecule has 1 aliphatic rings. The SMILES string of the molecule is Cc1cc(=O)[nH]c(CNc2nccc(N3CCCC(O)C3)n2)n1. The molecule has 1 atom stereocenters. The molecular formula is C15H20N6O2. The number of H-pyrrole nitrogens is 1. The predicted molar refractivity (Wildman–Crippen MR) is 86.4 cm³/mol. The molecule has 0 amide bonds. The third-order valence-electron chi connectivity index (χ3n) is 3.69. The van der Waals surface area contributed by atoms with E-state index in [9.17, 15) is 9.90 Å². The van der Waals surface area contributed by atoms with Gasteiger partial charge in [-0.25, -0.2) is 9.97 Å². The minimum atomic E-state index is -0.309. The summed E-state index contributed by atoms with van der Waals surface area (Å²) >= 11 is 0. The van der Waals surface area contributed by atoms with Crippen molar-refractivity contribution >= 4 is 11.8 Å². The number of nitrogens with zero attached hydrogens (tertiary/aromatic N) is 4. The summed E-state index contributed by atoms with van der Waals surface area (Å²) in [6, 6.07) is 3.28. The van der Waals surface area contributed by atoms with Crippen molar-refractivity contribution in [2.24, 2.45) is 0 Å². The minimum Gasteiger partial charge on any atom is -0.391 e. The zero-order chi connectivity index (χ0) is 16.2. The molecule has 3 N–H and O–H groups in total. The van der Waals surface area contributed by atoms with Gasteiger partial charge in [-0.3, -0.25) is 4.79 Å². The number of hydrogen-bond donors (Lipinski definition) is 3. The van der Waals surface area contributed by atoms with Crippen molar-refractivity contribution in [3.8, 4) is 0 Å². The molecule has 3 heterocycles. The molecule has 1 saturated heterocycles. The number of aliphatic hydroxyl groups is 1. The number of aromatic nitrogens is 4. The highest BCUT2D eigenvalue weighted by Gasteiger charge is 2.19. The fourth-order valence-electron chi connectivity index (χ4n) is 2.66. The number of anilines is 2. The van der Waals surface area contributed by atoms with Gasteiger partial charge in [0.1, 0.15) is 11.6 Å². The van der Waals surface area contributed by atoms with Crippen molar-refractivity contribution in [3.63, 3.8) is 0 Å². The second-order valence-electron chi connectivity index (χ2n) is 5.67. The Balaban J connectivity index is 1.69. The molecule has 8 nitrogen and oxygen atoms in total. The van der Waals surface area contributed by atoms with Gasteiger partial charge in [0.05, 0.1) is 12.6 Å². The summed E-state index contributed by atoms with van der Waals surface area (Å²) in [6.07, 6.45) is 3.15. The molecule has 8 heteroatoms. The van der Waals surface area contributed by atoms with E-state index < -0.39 is 0 Å². The van der Waals surface area contributed by atoms with Gasteiger partial charge in [-0.2, -0.15) is 4.98 Å². The molecule has 1 unspecified atom stereocenters. The number of nitrogens with one attached hydrogen (secondary N) is 2. The van der Waals surface area contributed by atoms with Crippen molar-refractivity contribution in [2.45, 2.75) is 32.4 Å². The zero-order valence-electron chi connectivity index (χ0n) is 13.0. The van der Waals surface area contributed by atoms with Gasteiger partial charge < -0.3 is 20.3 Å². The van der Waals surface area contributed by atoms with E-state index in [1.165, 1.54) is 6.07 Å². The number of β-amino-alcohol motifs (C(OH)–C–C–N with tert-alkyl or cyclic N) is 1. The van der Waals surface area contributed by atoms with Crippen LogP contribution < -0.4 is 15.8 Å². The highest BCUT2D eigenvalue weighted by molar-refractivity contribution is 5.43. The van der Waals surface area contributed by atoms with E-state index in [2.05, 4.69) is 25.3 Å². The van der Waals surface area contributed by atoms with Crippen LogP contribution in [0.1, 0.15) is 24.4 Å². The van der Waals surface area contributed by atoms with Crippen molar-refractivity contribution in [1.82, 2.24) is 19.9 Å². The number of rotatable bonds is 4. The smallest absolute Gasteiger partial charge is 0.251 e. The quantitative estimate of drug-likeness (QED) is 0.751. The molecule has 3 rings (SSSR count). The zero-order valence-corrected chi connectivity index (χ0v) is 13.0. The fourth-order valence-corrected chi connectivity index (χ4v) is 2.66. The van der Waals surface area contributed by atoms with Crippen LogP contribution in [-0.2, 0) is 6.54 Å². The van der Waals surface area contributed by atoms with Crippen LogP contribution in [0, 0.1) is 6.92 Å². The maximum Gasteiger partial charge on any atom is 0.251 e. The number of piperidine rings is 1. The van der Waals surface area contributed by atoms with Crippen LogP contribution in [0.4, 0.5) is 11.8 Å². The van der Waals surface area contributed by atoms with Gasteiger partial charge in [-0.15, -0.1) is 0 Å². The normalized spacial score (nSPS) is 18.0. The molecule has 2 aromatic heterocycles. The molecule has 1 aliphatic heterocycles. The number of aryl methyl sites for hydroxylation is 1. The summed E-state index contributed by atoms with van der Waals surface area (Å²) in [5, 5.41) is 12.8. The lowest BCUT2D eigenvalue weighted by Crippen LogP contribution is -2.38. The van der Waals surface area contributed by atoms with Gasteiger partial charge in [0.25, 0.3) is 5.56 Å². The van der Waals surface area contributed by atoms with Crippen LogP contribution >= 0.6 is 0 Å². The summed E-state index contributed by atoms with van der Waals surface area (Å²) in [5.74, 6) is 1.79. The van der Waals surface area contributed by atoms with E-state index in [0.29, 0.717) is 30.6 Å². The summed E-state index contributed by atoms with van der Waals surface area (Å²) < 4.78 is 0. The Labute approximate surface area is 133 Å². The van der Waals surface area contributed by atoms with E-state index in [-0.39, 0.29) is 11.7 Å². The van der Waals surface area contributed by atoms with E-state index in [1.807, 2.05) is 11.0 Å². The Hall–Kier alpha value is -2.48. The summed E-state index contributed by atoms with van der Waals surface area (Å²) in [7, 11) is 0. The monoisotopic (exact) mass is 316 g/mol. The first kappa shape index (κ1) is 15.4. The van der Waals surface area contributed by atoms with Crippen molar-refractivity contribution in [1.29, 1.82) is 0 Å². The second-order valence-corrected chi connectivity index (χ2v) is 5.67. The summed E-state index contributed by atoms with van der Waals surface area (Å²) in [5.41, 5.74) is 0.494. The third kappa shape index (κ3) is 4.04. The first-order valence-electron chi connectivity index (χ1n) is 7.67. The molecule has 0 aliphatic carbocycles. The molecule has 0 spiro atoms. The second kappa shape index (κ2) is 6.74. The predicted octanol–water partition coefficient (Wildman–Crippen LogP) is 0.442. The molecule has 0 radical (unpaired) electrons. The van der Waals surface area contributed by atoms with Gasteiger partial charge in [-0.05, 0) is 25.8 Å². The Kier molecular flexibility index (Phi) is 4.52. The lowest BCUT2D eigenvalue weighted by Gasteiger charge is -2.31. The Morgan fingerprint density at radius 1 is 1.48 bits per heavy atom. The first-order chi connectivity index (χ1) is 11.1. The largest absolute Gasteiger partial charge is 0.391 e. The Morgan fingerprint density at radius 3 is 3.13 bits per heavy atom. The maximum absolute atomic E-state index is 11.4. The first-order valence-corrected chi connectivity index (χ1v) is 7.67. The number of aromatic amines is 1. The van der Waals surface area contributed by atoms with Crippen molar-refractivity contribution < 1.29 is 5.11 Å². The summed E-state index contributed by atoms with van der Waals surface area (Å²) in [6.45, 7) is 3.57. The average molecular weight is 316 g/mol. The molecule has 0 saturated carbocycles. The van der Waals surface area contributed by atoms with Crippen LogP contribution in [0.3, 0.4) is 0 Å². The lowest BCUT2D eigenvalue weighted by atomic mass is 10.1. The standard InChI is InChI=1S/C15H20N6O2/c1-10-7-14(23)19-12(18-10)8-17-15-16-5-4-13(20-15)21-6-2-3-11(22)9-21/h4-5,7,11,22H,2-3,6,8-9H2,1H3,(H,16,17,20)(H,18,19,23). The molecule has 1 fully saturated rings. The van der Waals surface area contributed by atoms with E-state index >= 15 is 0 Å². The van der Waals surface area contributed by atoms with Crippen LogP contribution in [0.25, 0.3) is 0 Å². The van der Waals surface area contributed by atoms with E-state index in [0.717, 1.165) is 25.2 Å². The van der Waals surface area contributed by atoms with Gasteiger partial charge in [0.15, 0.2) is 0 Å². The van der Waals surface area contributed by atoms with Gasteiger partial charge >= 0.3 is 0 Å². The molecule has 122 valence electrons. The van der Waals surface area contributed by atoms with Gasteiger partial charge in [0.2, 0.25) is 5.95 Å². The van der Waals surface area contributed by atoms with Gasteiger partial charge in [0, 0.05) is 31.0 Å². The van der Waals surface area contributed by atoms with Crippen LogP contribution in [0.2, 0.25) is 0 Å². The third-order valence-corrected chi connectivity index (χ3v) is 3.69. The number of aliphatic hydroxyl groups excluding tert-OH is 1. The Bertz CT molecular complexity index is 732. The highest BCUT2D eigenvalue weighted by Crippen LogP contribution is 2.18. The summed E-state index contributed by atoms with van der Waals surface area (Å²) in [4.78, 5) is 29.1. The molecule has 23 heavy (non-hydrogen) atoms. The fraction of sp³-hybridized carbons (Fsp3) is 0.467. The lowest BCUT2D eigenvalue weighted by molar-refractivity contribution is 0.154. The molecule has 0 aromatic carbocycles. The molecule has 0 bridgehead atoms. The number of hydrogen-bond acceptors (Lipinski definition) is 7. The minimum absolute atomic E-state index is 0.175. The topological polar surface area (TPSA) is 107 Å². The van der Waals surface area contributed by atoms with E-state index in [1.54, 1.807) is 13.1 Å². The van der Waals surface area contributed by atoms with Crippen molar-refractivity contribution in [2.75, 3.05) is 23.3 Å². The van der Waals surface area contributed by atoms with Crippen LogP contribution in [0.5, 0.6) is 0 Å².